The van der Waals surface area contributed by atoms with E-state index in [-0.39, 0.29) is 31.4 Å². The molecule has 1 unspecified atom stereocenters. The molecule has 7 heteroatoms. The van der Waals surface area contributed by atoms with Crippen molar-refractivity contribution in [1.29, 1.82) is 0 Å². The van der Waals surface area contributed by atoms with Gasteiger partial charge in [-0.15, -0.1) is 0 Å². The number of likely N-dealkylation sites (tertiary alicyclic amines) is 1. The van der Waals surface area contributed by atoms with Gasteiger partial charge in [0.15, 0.2) is 5.78 Å². The van der Waals surface area contributed by atoms with Crippen LogP contribution in [0.1, 0.15) is 46.1 Å². The minimum atomic E-state index is -0.619. The first-order valence-corrected chi connectivity index (χ1v) is 9.15. The van der Waals surface area contributed by atoms with Gasteiger partial charge >= 0.3 is 12.2 Å². The molecular weight excluding hydrogens is 348 g/mol. The van der Waals surface area contributed by atoms with Gasteiger partial charge in [0.1, 0.15) is 12.2 Å². The van der Waals surface area contributed by atoms with E-state index in [4.69, 9.17) is 9.47 Å². The summed E-state index contributed by atoms with van der Waals surface area (Å²) in [6.07, 6.45) is -0.403. The zero-order valence-electron chi connectivity index (χ0n) is 16.4. The van der Waals surface area contributed by atoms with Crippen LogP contribution in [0.25, 0.3) is 0 Å². The Bertz CT molecular complexity index is 669. The minimum absolute atomic E-state index is 0.0554. The second-order valence-electron chi connectivity index (χ2n) is 7.72. The maximum absolute atomic E-state index is 12.5. The number of rotatable bonds is 3. The summed E-state index contributed by atoms with van der Waals surface area (Å²) in [5.74, 6) is -0.0554. The smallest absolute Gasteiger partial charge is 0.410 e. The lowest BCUT2D eigenvalue weighted by Crippen LogP contribution is -2.49. The largest absolute Gasteiger partial charge is 0.445 e. The average Bonchev–Trinajstić information content (AvgIpc) is 2.72. The number of nitrogens with one attached hydrogen (secondary N) is 1. The molecule has 1 aliphatic heterocycles. The van der Waals surface area contributed by atoms with Gasteiger partial charge in [-0.05, 0) is 39.7 Å². The fourth-order valence-electron chi connectivity index (χ4n) is 2.81. The summed E-state index contributed by atoms with van der Waals surface area (Å²) in [6.45, 7) is 7.33. The molecule has 0 spiro atoms. The maximum atomic E-state index is 12.5. The highest BCUT2D eigenvalue weighted by atomic mass is 16.6. The monoisotopic (exact) mass is 376 g/mol. The lowest BCUT2D eigenvalue weighted by molar-refractivity contribution is -0.122. The first kappa shape index (κ1) is 20.7. The maximum Gasteiger partial charge on any atom is 0.410 e. The number of hydrogen-bond acceptors (Lipinski definition) is 5. The Kier molecular flexibility index (Phi) is 6.82. The molecule has 1 aromatic carbocycles. The molecule has 1 heterocycles. The molecule has 1 aromatic rings. The van der Waals surface area contributed by atoms with Gasteiger partial charge in [0, 0.05) is 13.0 Å². The Balaban J connectivity index is 2.00. The van der Waals surface area contributed by atoms with Crippen LogP contribution in [0.5, 0.6) is 0 Å². The lowest BCUT2D eigenvalue weighted by atomic mass is 10.1. The summed E-state index contributed by atoms with van der Waals surface area (Å²) in [6, 6.07) is 8.35. The normalized spacial score (nSPS) is 20.6. The number of Topliss-reactive ketones (excluding diaryl/α,β-unsaturated/α-hetero) is 1. The van der Waals surface area contributed by atoms with Crippen LogP contribution in [0, 0.1) is 0 Å². The van der Waals surface area contributed by atoms with Crippen LogP contribution < -0.4 is 5.32 Å². The number of hydrogen-bond donors (Lipinski definition) is 1. The molecule has 7 nitrogen and oxygen atoms in total. The van der Waals surface area contributed by atoms with E-state index in [2.05, 4.69) is 5.32 Å². The number of carbonyl (C=O) groups excluding carboxylic acids is 3. The van der Waals surface area contributed by atoms with Gasteiger partial charge in [-0.1, -0.05) is 30.3 Å². The van der Waals surface area contributed by atoms with Crippen LogP contribution in [-0.2, 0) is 20.9 Å². The van der Waals surface area contributed by atoms with Gasteiger partial charge in [0.05, 0.1) is 12.1 Å². The Morgan fingerprint density at radius 3 is 2.52 bits per heavy atom. The van der Waals surface area contributed by atoms with Crippen molar-refractivity contribution in [2.75, 3.05) is 6.54 Å². The molecular formula is C20H28N2O5. The third-order valence-corrected chi connectivity index (χ3v) is 4.25. The molecule has 1 N–H and O–H groups in total. The molecule has 2 amide bonds. The molecule has 27 heavy (non-hydrogen) atoms. The van der Waals surface area contributed by atoms with Gasteiger partial charge in [-0.25, -0.2) is 9.59 Å². The summed E-state index contributed by atoms with van der Waals surface area (Å²) in [5.41, 5.74) is 0.245. The first-order chi connectivity index (χ1) is 12.7. The standard InChI is InChI=1S/C20H28N2O5/c1-14-17(23)11-10-16(21-18(24)27-20(2,3)4)12-22(14)19(25)26-13-15-8-6-5-7-9-15/h5-9,14,16H,10-13H2,1-4H3,(H,21,24)/t14-,16?/m0/s1. The predicted molar refractivity (Wildman–Crippen MR) is 100 cm³/mol. The highest BCUT2D eigenvalue weighted by molar-refractivity contribution is 5.87. The van der Waals surface area contributed by atoms with Crippen molar-refractivity contribution >= 4 is 18.0 Å². The molecule has 0 bridgehead atoms. The Morgan fingerprint density at radius 1 is 1.22 bits per heavy atom. The molecule has 1 fully saturated rings. The average molecular weight is 376 g/mol. The van der Waals surface area contributed by atoms with Crippen molar-refractivity contribution in [1.82, 2.24) is 10.2 Å². The first-order valence-electron chi connectivity index (χ1n) is 9.15. The summed E-state index contributed by atoms with van der Waals surface area (Å²) in [5, 5.41) is 2.75. The number of ether oxygens (including phenoxy) is 2. The summed E-state index contributed by atoms with van der Waals surface area (Å²) in [7, 11) is 0. The lowest BCUT2D eigenvalue weighted by Gasteiger charge is -2.28. The van der Waals surface area contributed by atoms with E-state index >= 15 is 0 Å². The third kappa shape index (κ3) is 6.58. The van der Waals surface area contributed by atoms with Crippen LogP contribution in [0.4, 0.5) is 9.59 Å². The van der Waals surface area contributed by atoms with Crippen LogP contribution >= 0.6 is 0 Å². The number of carbonyl (C=O) groups is 3. The fourth-order valence-corrected chi connectivity index (χ4v) is 2.81. The SMILES string of the molecule is C[C@H]1C(=O)CCC(NC(=O)OC(C)(C)C)CN1C(=O)OCc1ccccc1. The predicted octanol–water partition coefficient (Wildman–Crippen LogP) is 3.27. The zero-order chi connectivity index (χ0) is 20.0. The van der Waals surface area contributed by atoms with Crippen LogP contribution in [0.15, 0.2) is 30.3 Å². The molecule has 2 rings (SSSR count). The van der Waals surface area contributed by atoms with E-state index in [0.717, 1.165) is 5.56 Å². The topological polar surface area (TPSA) is 84.9 Å². The fraction of sp³-hybridized carbons (Fsp3) is 0.550. The van der Waals surface area contributed by atoms with Crippen molar-refractivity contribution in [3.63, 3.8) is 0 Å². The molecule has 0 radical (unpaired) electrons. The van der Waals surface area contributed by atoms with Crippen molar-refractivity contribution < 1.29 is 23.9 Å². The second kappa shape index (κ2) is 8.88. The molecule has 0 aromatic heterocycles. The molecule has 0 saturated carbocycles. The Hall–Kier alpha value is -2.57. The van der Waals surface area contributed by atoms with Gasteiger partial charge in [-0.2, -0.15) is 0 Å². The van der Waals surface area contributed by atoms with Crippen molar-refractivity contribution in [2.45, 2.75) is 64.8 Å². The highest BCUT2D eigenvalue weighted by Crippen LogP contribution is 2.17. The molecule has 2 atom stereocenters. The van der Waals surface area contributed by atoms with E-state index in [1.807, 2.05) is 30.3 Å². The Labute approximate surface area is 160 Å². The van der Waals surface area contributed by atoms with Gasteiger partial charge in [0.25, 0.3) is 0 Å². The quantitative estimate of drug-likeness (QED) is 0.875. The van der Waals surface area contributed by atoms with Crippen molar-refractivity contribution in [2.24, 2.45) is 0 Å². The molecule has 1 aliphatic rings. The highest BCUT2D eigenvalue weighted by Gasteiger charge is 2.34. The second-order valence-corrected chi connectivity index (χ2v) is 7.72. The third-order valence-electron chi connectivity index (χ3n) is 4.25. The Morgan fingerprint density at radius 2 is 1.89 bits per heavy atom. The summed E-state index contributed by atoms with van der Waals surface area (Å²) < 4.78 is 10.6. The van der Waals surface area contributed by atoms with Crippen LogP contribution in [0.2, 0.25) is 0 Å². The van der Waals surface area contributed by atoms with Crippen LogP contribution in [-0.4, -0.2) is 47.1 Å². The van der Waals surface area contributed by atoms with Crippen molar-refractivity contribution in [3.8, 4) is 0 Å². The summed E-state index contributed by atoms with van der Waals surface area (Å²) >= 11 is 0. The molecule has 148 valence electrons. The van der Waals surface area contributed by atoms with Gasteiger partial charge in [-0.3, -0.25) is 9.69 Å². The molecule has 0 aliphatic carbocycles. The van der Waals surface area contributed by atoms with Gasteiger partial charge < -0.3 is 14.8 Å². The van der Waals surface area contributed by atoms with E-state index < -0.39 is 23.8 Å². The zero-order valence-corrected chi connectivity index (χ0v) is 16.4. The van der Waals surface area contributed by atoms with Gasteiger partial charge in [0.2, 0.25) is 0 Å². The van der Waals surface area contributed by atoms with E-state index in [9.17, 15) is 14.4 Å². The number of alkyl carbamates (subject to hydrolysis) is 1. The van der Waals surface area contributed by atoms with Crippen LogP contribution in [0.3, 0.4) is 0 Å². The number of amides is 2. The molecule has 1 saturated heterocycles. The number of ketones is 1. The minimum Gasteiger partial charge on any atom is -0.445 e. The van der Waals surface area contributed by atoms with Crippen molar-refractivity contribution in [3.05, 3.63) is 35.9 Å². The van der Waals surface area contributed by atoms with E-state index in [1.54, 1.807) is 27.7 Å². The summed E-state index contributed by atoms with van der Waals surface area (Å²) in [4.78, 5) is 38.2. The number of nitrogens with zero attached hydrogens (tertiary/aromatic N) is 1. The van der Waals surface area contributed by atoms with E-state index in [1.165, 1.54) is 4.90 Å². The van der Waals surface area contributed by atoms with E-state index in [0.29, 0.717) is 6.42 Å². The number of benzene rings is 1.